The van der Waals surface area contributed by atoms with Crippen LogP contribution in [0.1, 0.15) is 20.3 Å². The maximum Gasteiger partial charge on any atom is 0.282 e. The molecule has 0 rings (SSSR count). The van der Waals surface area contributed by atoms with Crippen molar-refractivity contribution in [2.24, 2.45) is 0 Å². The van der Waals surface area contributed by atoms with Gasteiger partial charge in [-0.2, -0.15) is 0 Å². The van der Waals surface area contributed by atoms with Crippen molar-refractivity contribution in [1.82, 2.24) is 0 Å². The Morgan fingerprint density at radius 2 is 1.93 bits per heavy atom. The van der Waals surface area contributed by atoms with E-state index in [0.717, 1.165) is 6.92 Å². The summed E-state index contributed by atoms with van der Waals surface area (Å²) in [6.45, 7) is 1.98. The van der Waals surface area contributed by atoms with Gasteiger partial charge in [0.2, 0.25) is 0 Å². The van der Waals surface area contributed by atoms with Gasteiger partial charge < -0.3 is 0 Å². The molecule has 0 aliphatic carbocycles. The van der Waals surface area contributed by atoms with E-state index >= 15 is 0 Å². The number of carbonyl (C=O) groups is 1. The van der Waals surface area contributed by atoms with Gasteiger partial charge in [-0.15, -0.1) is 0 Å². The molecular weight excluding hydrogens is 220 g/mol. The third-order valence-corrected chi connectivity index (χ3v) is 2.36. The maximum absolute atomic E-state index is 12.8. The van der Waals surface area contributed by atoms with E-state index in [1.807, 2.05) is 0 Å². The average molecular weight is 232 g/mol. The lowest BCUT2D eigenvalue weighted by Crippen LogP contribution is -2.36. The summed E-state index contributed by atoms with van der Waals surface area (Å²) < 4.78 is 50.4. The second kappa shape index (κ2) is 5.58. The first kappa shape index (κ1) is 13.7. The second-order valence-corrected chi connectivity index (χ2v) is 4.20. The predicted molar refractivity (Wildman–Crippen MR) is 48.2 cm³/mol. The molecule has 0 radical (unpaired) electrons. The Labute approximate surface area is 84.2 Å². The van der Waals surface area contributed by atoms with Crippen LogP contribution >= 0.6 is 11.8 Å². The summed E-state index contributed by atoms with van der Waals surface area (Å²) in [6.07, 6.45) is -5.82. The lowest BCUT2D eigenvalue weighted by Gasteiger charge is -2.20. The molecule has 0 aliphatic heterocycles. The van der Waals surface area contributed by atoms with E-state index in [1.54, 1.807) is 0 Å². The summed E-state index contributed by atoms with van der Waals surface area (Å²) in [7, 11) is 0. The average Bonchev–Trinajstić information content (AvgIpc) is 2.01. The van der Waals surface area contributed by atoms with E-state index in [-0.39, 0.29) is 10.9 Å². The molecule has 0 aromatic heterocycles. The molecule has 0 saturated heterocycles. The number of thioether (sulfide) groups is 1. The summed E-state index contributed by atoms with van der Waals surface area (Å²) in [6, 6.07) is 0. The molecule has 1 nitrogen and oxygen atoms in total. The first-order valence-corrected chi connectivity index (χ1v) is 5.05. The Balaban J connectivity index is 4.00. The summed E-state index contributed by atoms with van der Waals surface area (Å²) in [5, 5.41) is -0.315. The van der Waals surface area contributed by atoms with Crippen molar-refractivity contribution in [2.75, 3.05) is 5.75 Å². The van der Waals surface area contributed by atoms with Gasteiger partial charge >= 0.3 is 0 Å². The molecule has 2 atom stereocenters. The zero-order valence-corrected chi connectivity index (χ0v) is 8.71. The van der Waals surface area contributed by atoms with E-state index in [2.05, 4.69) is 0 Å². The number of rotatable bonds is 5. The fourth-order valence-corrected chi connectivity index (χ4v) is 1.47. The van der Waals surface area contributed by atoms with Crippen molar-refractivity contribution >= 4 is 16.9 Å². The fourth-order valence-electron chi connectivity index (χ4n) is 0.805. The number of hydrogen-bond acceptors (Lipinski definition) is 2. The summed E-state index contributed by atoms with van der Waals surface area (Å²) in [5.74, 6) is -3.90. The van der Waals surface area contributed by atoms with E-state index in [0.29, 0.717) is 11.8 Å². The molecule has 0 aromatic rings. The van der Waals surface area contributed by atoms with Crippen LogP contribution in [0.25, 0.3) is 0 Å². The van der Waals surface area contributed by atoms with Crippen LogP contribution in [0.3, 0.4) is 0 Å². The van der Waals surface area contributed by atoms with Crippen molar-refractivity contribution in [2.45, 2.75) is 38.5 Å². The Morgan fingerprint density at radius 3 is 2.29 bits per heavy atom. The molecule has 0 aliphatic rings. The van der Waals surface area contributed by atoms with E-state index < -0.39 is 24.7 Å². The van der Waals surface area contributed by atoms with E-state index in [4.69, 9.17) is 0 Å². The van der Waals surface area contributed by atoms with Gasteiger partial charge in [0, 0.05) is 19.1 Å². The minimum atomic E-state index is -3.70. The predicted octanol–water partition coefficient (Wildman–Crippen LogP) is 2.99. The number of halogens is 4. The van der Waals surface area contributed by atoms with Gasteiger partial charge in [0.1, 0.15) is 6.17 Å². The first-order chi connectivity index (χ1) is 6.27. The quantitative estimate of drug-likeness (QED) is 0.678. The van der Waals surface area contributed by atoms with Gasteiger partial charge in [-0.1, -0.05) is 11.8 Å². The van der Waals surface area contributed by atoms with Gasteiger partial charge in [-0.05, 0) is 6.92 Å². The topological polar surface area (TPSA) is 17.1 Å². The highest BCUT2D eigenvalue weighted by Gasteiger charge is 2.43. The van der Waals surface area contributed by atoms with Gasteiger partial charge in [0.15, 0.2) is 11.3 Å². The van der Waals surface area contributed by atoms with Crippen LogP contribution in [-0.2, 0) is 4.79 Å². The molecule has 0 saturated carbocycles. The Hall–Kier alpha value is -0.260. The van der Waals surface area contributed by atoms with E-state index in [9.17, 15) is 22.4 Å². The zero-order chi connectivity index (χ0) is 11.4. The highest BCUT2D eigenvalue weighted by Crippen LogP contribution is 2.30. The molecule has 0 spiro atoms. The normalized spacial score (nSPS) is 16.4. The summed E-state index contributed by atoms with van der Waals surface area (Å²) in [4.78, 5) is 10.4. The minimum Gasteiger partial charge on any atom is -0.288 e. The molecule has 0 amide bonds. The van der Waals surface area contributed by atoms with Crippen molar-refractivity contribution in [3.63, 3.8) is 0 Å². The number of hydrogen-bond donors (Lipinski definition) is 0. The molecule has 0 heterocycles. The van der Waals surface area contributed by atoms with Gasteiger partial charge in [0.05, 0.1) is 0 Å². The standard InChI is InChI=1S/C8H12F4OS/c1-5(9)7(10)8(11,12)3-4-14-6(2)13/h5,7H,3-4H2,1-2H3. The van der Waals surface area contributed by atoms with Crippen LogP contribution in [0.4, 0.5) is 17.6 Å². The molecule has 0 aromatic carbocycles. The fraction of sp³-hybridized carbons (Fsp3) is 0.875. The van der Waals surface area contributed by atoms with Gasteiger partial charge in [-0.25, -0.2) is 17.6 Å². The highest BCUT2D eigenvalue weighted by molar-refractivity contribution is 8.13. The molecule has 84 valence electrons. The van der Waals surface area contributed by atoms with E-state index in [1.165, 1.54) is 6.92 Å². The summed E-state index contributed by atoms with van der Waals surface area (Å²) in [5.41, 5.74) is 0. The summed E-state index contributed by atoms with van der Waals surface area (Å²) >= 11 is 0.679. The van der Waals surface area contributed by atoms with Crippen LogP contribution in [0.2, 0.25) is 0 Å². The van der Waals surface area contributed by atoms with Crippen LogP contribution in [0.5, 0.6) is 0 Å². The molecule has 0 fully saturated rings. The molecular formula is C8H12F4OS. The monoisotopic (exact) mass is 232 g/mol. The third-order valence-electron chi connectivity index (χ3n) is 1.55. The van der Waals surface area contributed by atoms with Crippen LogP contribution in [0, 0.1) is 0 Å². The Bertz CT molecular complexity index is 196. The van der Waals surface area contributed by atoms with Gasteiger partial charge in [-0.3, -0.25) is 4.79 Å². The van der Waals surface area contributed by atoms with Crippen LogP contribution in [-0.4, -0.2) is 29.1 Å². The molecule has 0 N–H and O–H groups in total. The zero-order valence-electron chi connectivity index (χ0n) is 7.90. The maximum atomic E-state index is 12.8. The molecule has 14 heavy (non-hydrogen) atoms. The van der Waals surface area contributed by atoms with Crippen molar-refractivity contribution in [3.05, 3.63) is 0 Å². The Morgan fingerprint density at radius 1 is 1.43 bits per heavy atom. The minimum absolute atomic E-state index is 0.199. The lowest BCUT2D eigenvalue weighted by molar-refractivity contribution is -0.109. The lowest BCUT2D eigenvalue weighted by atomic mass is 10.1. The van der Waals surface area contributed by atoms with Crippen molar-refractivity contribution in [3.8, 4) is 0 Å². The number of alkyl halides is 4. The molecule has 6 heteroatoms. The SMILES string of the molecule is CC(=O)SCCC(F)(F)C(F)C(C)F. The largest absolute Gasteiger partial charge is 0.288 e. The molecule has 0 bridgehead atoms. The first-order valence-electron chi connectivity index (χ1n) is 4.06. The van der Waals surface area contributed by atoms with Gasteiger partial charge in [0.25, 0.3) is 5.92 Å². The number of carbonyl (C=O) groups excluding carboxylic acids is 1. The Kier molecular flexibility index (Phi) is 5.48. The smallest absolute Gasteiger partial charge is 0.282 e. The van der Waals surface area contributed by atoms with Crippen LogP contribution < -0.4 is 0 Å². The molecule has 2 unspecified atom stereocenters. The second-order valence-electron chi connectivity index (χ2n) is 2.93. The third kappa shape index (κ3) is 4.83. The van der Waals surface area contributed by atoms with Crippen molar-refractivity contribution in [1.29, 1.82) is 0 Å². The highest BCUT2D eigenvalue weighted by atomic mass is 32.2. The van der Waals surface area contributed by atoms with Crippen LogP contribution in [0.15, 0.2) is 0 Å². The van der Waals surface area contributed by atoms with Crippen molar-refractivity contribution < 1.29 is 22.4 Å².